The Bertz CT molecular complexity index is 715. The van der Waals surface area contributed by atoms with E-state index in [9.17, 15) is 13.2 Å². The van der Waals surface area contributed by atoms with Gasteiger partial charge in [0.05, 0.1) is 11.9 Å². The first-order chi connectivity index (χ1) is 12.4. The molecule has 0 saturated carbocycles. The van der Waals surface area contributed by atoms with Crippen molar-refractivity contribution < 1.29 is 17.9 Å². The lowest BCUT2D eigenvalue weighted by Crippen LogP contribution is -2.49. The number of rotatable bonds is 7. The number of sulfone groups is 1. The molecule has 6 heteroatoms. The predicted octanol–water partition coefficient (Wildman–Crippen LogP) is 2.97. The molecule has 0 N–H and O–H groups in total. The maximum Gasteiger partial charge on any atom is 0.223 e. The van der Waals surface area contributed by atoms with Crippen molar-refractivity contribution in [2.75, 3.05) is 12.9 Å². The highest BCUT2D eigenvalue weighted by Crippen LogP contribution is 2.38. The summed E-state index contributed by atoms with van der Waals surface area (Å²) in [5, 5.41) is -0.278. The third-order valence-corrected chi connectivity index (χ3v) is 7.20. The van der Waals surface area contributed by atoms with E-state index in [4.69, 9.17) is 4.74 Å². The molecule has 3 rings (SSSR count). The summed E-state index contributed by atoms with van der Waals surface area (Å²) in [5.74, 6) is 1.03. The van der Waals surface area contributed by atoms with Crippen LogP contribution in [0.15, 0.2) is 24.3 Å². The maximum absolute atomic E-state index is 12.7. The number of hydrogen-bond donors (Lipinski definition) is 0. The first-order valence-corrected chi connectivity index (χ1v) is 11.6. The molecule has 2 atom stereocenters. The van der Waals surface area contributed by atoms with Crippen LogP contribution in [-0.2, 0) is 21.1 Å². The number of nitrogens with zero attached hydrogens (tertiary/aromatic N) is 1. The van der Waals surface area contributed by atoms with Crippen LogP contribution in [0.3, 0.4) is 0 Å². The average molecular weight is 380 g/mol. The third kappa shape index (κ3) is 4.40. The van der Waals surface area contributed by atoms with Gasteiger partial charge in [0, 0.05) is 24.8 Å². The van der Waals surface area contributed by atoms with E-state index in [0.717, 1.165) is 30.6 Å². The molecule has 2 heterocycles. The van der Waals surface area contributed by atoms with E-state index in [2.05, 4.69) is 6.92 Å². The highest BCUT2D eigenvalue weighted by atomic mass is 32.2. The predicted molar refractivity (Wildman–Crippen MR) is 102 cm³/mol. The first-order valence-electron chi connectivity index (χ1n) is 9.60. The van der Waals surface area contributed by atoms with Crippen LogP contribution in [0.5, 0.6) is 5.75 Å². The number of ether oxygens (including phenoxy) is 1. The summed E-state index contributed by atoms with van der Waals surface area (Å²) in [4.78, 5) is 14.7. The zero-order valence-electron chi connectivity index (χ0n) is 15.7. The summed E-state index contributed by atoms with van der Waals surface area (Å²) >= 11 is 0. The van der Waals surface area contributed by atoms with Gasteiger partial charge >= 0.3 is 0 Å². The number of benzene rings is 1. The summed E-state index contributed by atoms with van der Waals surface area (Å²) in [6.07, 6.45) is 6.56. The fourth-order valence-corrected chi connectivity index (χ4v) is 5.38. The van der Waals surface area contributed by atoms with Gasteiger partial charge in [0.2, 0.25) is 5.91 Å². The second kappa shape index (κ2) is 7.99. The number of aryl methyl sites for hydroxylation is 1. The lowest BCUT2D eigenvalue weighted by atomic mass is 10.0. The van der Waals surface area contributed by atoms with Crippen molar-refractivity contribution >= 4 is 15.7 Å². The van der Waals surface area contributed by atoms with Crippen LogP contribution in [-0.4, -0.2) is 49.4 Å². The van der Waals surface area contributed by atoms with Crippen LogP contribution in [0.1, 0.15) is 51.0 Å². The molecule has 1 aromatic rings. The molecule has 0 aliphatic carbocycles. The summed E-state index contributed by atoms with van der Waals surface area (Å²) < 4.78 is 29.3. The van der Waals surface area contributed by atoms with E-state index in [1.807, 2.05) is 29.2 Å². The summed E-state index contributed by atoms with van der Waals surface area (Å²) in [6.45, 7) is 2.79. The van der Waals surface area contributed by atoms with Gasteiger partial charge in [-0.05, 0) is 56.2 Å². The standard InChI is InChI=1S/C20H29NO4S/c1-3-12-25-18-9-4-15(5-10-18)6-11-20(22)21-16-7-8-17(21)14-19(13-16)26(2,23)24/h4-5,9-10,16-17,19H,3,6-8,11-14H2,1-2H3. The van der Waals surface area contributed by atoms with E-state index in [1.165, 1.54) is 6.26 Å². The number of piperidine rings is 1. The lowest BCUT2D eigenvalue weighted by molar-refractivity contribution is -0.135. The van der Waals surface area contributed by atoms with Gasteiger partial charge in [-0.1, -0.05) is 19.1 Å². The van der Waals surface area contributed by atoms with Crippen LogP contribution in [0, 0.1) is 0 Å². The fourth-order valence-electron chi connectivity index (χ4n) is 4.24. The van der Waals surface area contributed by atoms with Crippen molar-refractivity contribution in [3.05, 3.63) is 29.8 Å². The Hall–Kier alpha value is -1.56. The zero-order chi connectivity index (χ0) is 18.7. The molecule has 2 aliphatic heterocycles. The highest BCUT2D eigenvalue weighted by molar-refractivity contribution is 7.91. The Morgan fingerprint density at radius 2 is 1.77 bits per heavy atom. The molecular formula is C20H29NO4S. The van der Waals surface area contributed by atoms with Gasteiger partial charge in [0.15, 0.2) is 0 Å². The van der Waals surface area contributed by atoms with Gasteiger partial charge in [0.25, 0.3) is 0 Å². The summed E-state index contributed by atoms with van der Waals surface area (Å²) in [5.41, 5.74) is 1.13. The van der Waals surface area contributed by atoms with Crippen LogP contribution in [0.2, 0.25) is 0 Å². The SMILES string of the molecule is CCCOc1ccc(CCC(=O)N2C3CCC2CC(S(C)(=O)=O)C3)cc1. The topological polar surface area (TPSA) is 63.7 Å². The molecule has 2 unspecified atom stereocenters. The minimum Gasteiger partial charge on any atom is -0.494 e. The average Bonchev–Trinajstić information content (AvgIpc) is 2.87. The van der Waals surface area contributed by atoms with Gasteiger partial charge in [-0.25, -0.2) is 8.42 Å². The molecule has 2 fully saturated rings. The Morgan fingerprint density at radius 1 is 1.15 bits per heavy atom. The van der Waals surface area contributed by atoms with Gasteiger partial charge in [-0.2, -0.15) is 0 Å². The Kier molecular flexibility index (Phi) is 5.90. The smallest absolute Gasteiger partial charge is 0.223 e. The van der Waals surface area contributed by atoms with Crippen molar-refractivity contribution in [1.29, 1.82) is 0 Å². The van der Waals surface area contributed by atoms with Crippen LogP contribution in [0.4, 0.5) is 0 Å². The van der Waals surface area contributed by atoms with Gasteiger partial charge in [-0.3, -0.25) is 4.79 Å². The van der Waals surface area contributed by atoms with Crippen molar-refractivity contribution in [2.24, 2.45) is 0 Å². The van der Waals surface area contributed by atoms with Crippen LogP contribution < -0.4 is 4.74 Å². The van der Waals surface area contributed by atoms with E-state index < -0.39 is 9.84 Å². The number of hydrogen-bond acceptors (Lipinski definition) is 4. The quantitative estimate of drug-likeness (QED) is 0.731. The van der Waals surface area contributed by atoms with E-state index >= 15 is 0 Å². The first kappa shape index (κ1) is 19.2. The summed E-state index contributed by atoms with van der Waals surface area (Å²) in [7, 11) is -3.02. The number of carbonyl (C=O) groups is 1. The molecule has 2 saturated heterocycles. The molecule has 2 aliphatic rings. The fraction of sp³-hybridized carbons (Fsp3) is 0.650. The molecule has 0 radical (unpaired) electrons. The number of fused-ring (bicyclic) bond motifs is 2. The van der Waals surface area contributed by atoms with E-state index in [0.29, 0.717) is 32.3 Å². The molecule has 1 amide bonds. The van der Waals surface area contributed by atoms with Crippen LogP contribution in [0.25, 0.3) is 0 Å². The third-order valence-electron chi connectivity index (χ3n) is 5.61. The Morgan fingerprint density at radius 3 is 2.31 bits per heavy atom. The maximum atomic E-state index is 12.7. The zero-order valence-corrected chi connectivity index (χ0v) is 16.5. The second-order valence-corrected chi connectivity index (χ2v) is 9.93. The van der Waals surface area contributed by atoms with Crippen molar-refractivity contribution in [1.82, 2.24) is 4.90 Å². The molecule has 2 bridgehead atoms. The van der Waals surface area contributed by atoms with Crippen LogP contribution >= 0.6 is 0 Å². The van der Waals surface area contributed by atoms with Gasteiger partial charge < -0.3 is 9.64 Å². The van der Waals surface area contributed by atoms with Gasteiger partial charge in [0.1, 0.15) is 15.6 Å². The molecule has 1 aromatic carbocycles. The highest BCUT2D eigenvalue weighted by Gasteiger charge is 2.45. The molecule has 0 spiro atoms. The van der Waals surface area contributed by atoms with E-state index in [-0.39, 0.29) is 23.2 Å². The van der Waals surface area contributed by atoms with Crippen molar-refractivity contribution in [2.45, 2.75) is 69.2 Å². The Balaban J connectivity index is 1.54. The minimum absolute atomic E-state index is 0.103. The van der Waals surface area contributed by atoms with Crippen molar-refractivity contribution in [3.63, 3.8) is 0 Å². The number of carbonyl (C=O) groups excluding carboxylic acids is 1. The molecule has 0 aromatic heterocycles. The molecule has 144 valence electrons. The molecule has 5 nitrogen and oxygen atoms in total. The summed E-state index contributed by atoms with van der Waals surface area (Å²) in [6, 6.07) is 8.15. The molecular weight excluding hydrogens is 350 g/mol. The van der Waals surface area contributed by atoms with Gasteiger partial charge in [-0.15, -0.1) is 0 Å². The normalized spacial score (nSPS) is 25.3. The second-order valence-electron chi connectivity index (χ2n) is 7.60. The van der Waals surface area contributed by atoms with E-state index in [1.54, 1.807) is 0 Å². The lowest BCUT2D eigenvalue weighted by Gasteiger charge is -2.38. The number of amides is 1. The largest absolute Gasteiger partial charge is 0.494 e. The minimum atomic E-state index is -3.02. The monoisotopic (exact) mass is 379 g/mol. The molecule has 26 heavy (non-hydrogen) atoms. The Labute approximate surface area is 156 Å². The van der Waals surface area contributed by atoms with Crippen molar-refractivity contribution in [3.8, 4) is 5.75 Å².